The van der Waals surface area contributed by atoms with E-state index < -0.39 is 11.6 Å². The highest BCUT2D eigenvalue weighted by Gasteiger charge is 2.36. The summed E-state index contributed by atoms with van der Waals surface area (Å²) in [4.78, 5) is 10.5. The van der Waals surface area contributed by atoms with Gasteiger partial charge in [-0.2, -0.15) is 0 Å². The fourth-order valence-electron chi connectivity index (χ4n) is 2.09. The molecule has 0 radical (unpaired) electrons. The maximum atomic E-state index is 10.5. The van der Waals surface area contributed by atoms with Crippen LogP contribution in [0.2, 0.25) is 0 Å². The van der Waals surface area contributed by atoms with Crippen LogP contribution in [0.3, 0.4) is 0 Å². The Morgan fingerprint density at radius 3 is 2.29 bits per heavy atom. The Balaban J connectivity index is 2.32. The van der Waals surface area contributed by atoms with Crippen LogP contribution in [-0.2, 0) is 4.79 Å². The van der Waals surface area contributed by atoms with E-state index in [2.05, 4.69) is 25.7 Å². The summed E-state index contributed by atoms with van der Waals surface area (Å²) in [6.45, 7) is 8.53. The highest BCUT2D eigenvalue weighted by Crippen LogP contribution is 2.39. The Morgan fingerprint density at radius 2 is 1.82 bits per heavy atom. The molecule has 0 aromatic carbocycles. The minimum Gasteiger partial charge on any atom is -0.478 e. The molecule has 4 heteroatoms. The van der Waals surface area contributed by atoms with Crippen LogP contribution >= 0.6 is 0 Å². The maximum absolute atomic E-state index is 10.5. The number of aliphatic carboxylic acids is 1. The number of carboxylic acid groups (broad SMARTS) is 1. The topological polar surface area (TPSA) is 69.6 Å². The van der Waals surface area contributed by atoms with Crippen molar-refractivity contribution in [3.05, 3.63) is 12.2 Å². The molecule has 17 heavy (non-hydrogen) atoms. The lowest BCUT2D eigenvalue weighted by molar-refractivity contribution is -0.132. The molecule has 1 aliphatic carbocycles. The number of hydrogen-bond donors (Lipinski definition) is 3. The van der Waals surface area contributed by atoms with E-state index in [1.54, 1.807) is 0 Å². The number of rotatable bonds is 5. The van der Waals surface area contributed by atoms with Gasteiger partial charge in [-0.05, 0) is 31.1 Å². The van der Waals surface area contributed by atoms with E-state index in [9.17, 15) is 9.90 Å². The minimum absolute atomic E-state index is 0.129. The van der Waals surface area contributed by atoms with E-state index >= 15 is 0 Å². The summed E-state index contributed by atoms with van der Waals surface area (Å²) in [5.41, 5.74) is -0.240. The van der Waals surface area contributed by atoms with Crippen LogP contribution in [0.5, 0.6) is 0 Å². The van der Waals surface area contributed by atoms with Crippen molar-refractivity contribution in [2.45, 2.75) is 45.1 Å². The zero-order chi connectivity index (χ0) is 13.1. The molecule has 3 N–H and O–H groups in total. The first-order chi connectivity index (χ1) is 7.74. The molecule has 0 aromatic heterocycles. The summed E-state index contributed by atoms with van der Waals surface area (Å²) in [5.74, 6) is -0.991. The molecule has 0 bridgehead atoms. The average molecular weight is 241 g/mol. The van der Waals surface area contributed by atoms with Gasteiger partial charge in [-0.15, -0.1) is 0 Å². The van der Waals surface area contributed by atoms with Gasteiger partial charge >= 0.3 is 5.97 Å². The third-order valence-corrected chi connectivity index (χ3v) is 3.63. The van der Waals surface area contributed by atoms with Gasteiger partial charge in [0.2, 0.25) is 0 Å². The van der Waals surface area contributed by atoms with Crippen LogP contribution < -0.4 is 5.32 Å². The molecule has 0 aromatic rings. The summed E-state index contributed by atoms with van der Waals surface area (Å²) < 4.78 is 0. The Kier molecular flexibility index (Phi) is 4.33. The van der Waals surface area contributed by atoms with E-state index in [0.29, 0.717) is 12.0 Å². The lowest BCUT2D eigenvalue weighted by Crippen LogP contribution is -2.45. The van der Waals surface area contributed by atoms with Crippen molar-refractivity contribution in [2.75, 3.05) is 13.1 Å². The van der Waals surface area contributed by atoms with Crippen molar-refractivity contribution < 1.29 is 15.0 Å². The SMILES string of the molecule is C=C(CNCC1(O)CCC(C)(C)CC1)C(=O)O. The molecular weight excluding hydrogens is 218 g/mol. The molecule has 0 amide bonds. The zero-order valence-corrected chi connectivity index (χ0v) is 10.8. The van der Waals surface area contributed by atoms with Gasteiger partial charge in [-0.3, -0.25) is 0 Å². The second-order valence-electron chi connectivity index (χ2n) is 5.90. The average Bonchev–Trinajstić information content (AvgIpc) is 2.23. The Bertz CT molecular complexity index is 300. The predicted molar refractivity (Wildman–Crippen MR) is 66.8 cm³/mol. The summed E-state index contributed by atoms with van der Waals surface area (Å²) in [6, 6.07) is 0. The maximum Gasteiger partial charge on any atom is 0.332 e. The van der Waals surface area contributed by atoms with Gasteiger partial charge in [0.15, 0.2) is 0 Å². The van der Waals surface area contributed by atoms with Crippen molar-refractivity contribution >= 4 is 5.97 Å². The fourth-order valence-corrected chi connectivity index (χ4v) is 2.09. The first-order valence-corrected chi connectivity index (χ1v) is 6.08. The summed E-state index contributed by atoms with van der Waals surface area (Å²) in [6.07, 6.45) is 3.55. The van der Waals surface area contributed by atoms with Crippen LogP contribution in [0.1, 0.15) is 39.5 Å². The van der Waals surface area contributed by atoms with Crippen molar-refractivity contribution in [3.8, 4) is 0 Å². The molecule has 1 saturated carbocycles. The second-order valence-corrected chi connectivity index (χ2v) is 5.90. The molecule has 0 aliphatic heterocycles. The molecule has 98 valence electrons. The standard InChI is InChI=1S/C13H23NO3/c1-10(11(15)16)8-14-9-13(17)6-4-12(2,3)5-7-13/h14,17H,1,4-9H2,2-3H3,(H,15,16). The lowest BCUT2D eigenvalue weighted by Gasteiger charge is -2.40. The normalized spacial score (nSPS) is 22.1. The van der Waals surface area contributed by atoms with E-state index in [4.69, 9.17) is 5.11 Å². The van der Waals surface area contributed by atoms with Gasteiger partial charge in [0.1, 0.15) is 0 Å². The number of carboxylic acids is 1. The summed E-state index contributed by atoms with van der Waals surface area (Å²) in [7, 11) is 0. The van der Waals surface area contributed by atoms with Gasteiger partial charge in [0.05, 0.1) is 5.60 Å². The zero-order valence-electron chi connectivity index (χ0n) is 10.8. The third-order valence-electron chi connectivity index (χ3n) is 3.63. The molecule has 0 saturated heterocycles. The summed E-state index contributed by atoms with van der Waals surface area (Å²) in [5, 5.41) is 21.9. The van der Waals surface area contributed by atoms with Crippen LogP contribution in [-0.4, -0.2) is 34.9 Å². The molecule has 0 spiro atoms. The number of carbonyl (C=O) groups is 1. The van der Waals surface area contributed by atoms with E-state index in [-0.39, 0.29) is 12.1 Å². The van der Waals surface area contributed by atoms with Crippen molar-refractivity contribution in [2.24, 2.45) is 5.41 Å². The smallest absolute Gasteiger partial charge is 0.332 e. The molecule has 1 fully saturated rings. The Hall–Kier alpha value is -0.870. The quantitative estimate of drug-likeness (QED) is 0.639. The Morgan fingerprint density at radius 1 is 1.29 bits per heavy atom. The Labute approximate surface area is 103 Å². The summed E-state index contributed by atoms with van der Waals surface area (Å²) >= 11 is 0. The monoisotopic (exact) mass is 241 g/mol. The van der Waals surface area contributed by atoms with Gasteiger partial charge in [-0.25, -0.2) is 4.79 Å². The lowest BCUT2D eigenvalue weighted by atomic mass is 9.71. The second kappa shape index (κ2) is 5.19. The first-order valence-electron chi connectivity index (χ1n) is 6.08. The van der Waals surface area contributed by atoms with E-state index in [1.165, 1.54) is 0 Å². The van der Waals surface area contributed by atoms with Gasteiger partial charge in [-0.1, -0.05) is 20.4 Å². The van der Waals surface area contributed by atoms with Crippen molar-refractivity contribution in [3.63, 3.8) is 0 Å². The van der Waals surface area contributed by atoms with E-state index in [0.717, 1.165) is 25.7 Å². The fraction of sp³-hybridized carbons (Fsp3) is 0.769. The van der Waals surface area contributed by atoms with Gasteiger partial charge in [0, 0.05) is 18.7 Å². The van der Waals surface area contributed by atoms with Crippen molar-refractivity contribution in [1.82, 2.24) is 5.32 Å². The minimum atomic E-state index is -0.991. The highest BCUT2D eigenvalue weighted by molar-refractivity contribution is 5.86. The van der Waals surface area contributed by atoms with Crippen molar-refractivity contribution in [1.29, 1.82) is 0 Å². The van der Waals surface area contributed by atoms with Gasteiger partial charge in [0.25, 0.3) is 0 Å². The molecule has 1 rings (SSSR count). The molecular formula is C13H23NO3. The third kappa shape index (κ3) is 4.48. The van der Waals surface area contributed by atoms with Gasteiger partial charge < -0.3 is 15.5 Å². The van der Waals surface area contributed by atoms with Crippen LogP contribution in [0.4, 0.5) is 0 Å². The van der Waals surface area contributed by atoms with Crippen LogP contribution in [0, 0.1) is 5.41 Å². The van der Waals surface area contributed by atoms with Crippen LogP contribution in [0.15, 0.2) is 12.2 Å². The van der Waals surface area contributed by atoms with Crippen LogP contribution in [0.25, 0.3) is 0 Å². The molecule has 0 unspecified atom stereocenters. The molecule has 4 nitrogen and oxygen atoms in total. The highest BCUT2D eigenvalue weighted by atomic mass is 16.4. The van der Waals surface area contributed by atoms with E-state index in [1.807, 2.05) is 0 Å². The molecule has 0 heterocycles. The number of nitrogens with one attached hydrogen (secondary N) is 1. The number of aliphatic hydroxyl groups is 1. The first kappa shape index (κ1) is 14.2. The number of hydrogen-bond acceptors (Lipinski definition) is 3. The predicted octanol–water partition coefficient (Wildman–Crippen LogP) is 1.55. The molecule has 0 atom stereocenters. The largest absolute Gasteiger partial charge is 0.478 e. The molecule has 1 aliphatic rings.